The van der Waals surface area contributed by atoms with Gasteiger partial charge in [-0.25, -0.2) is 0 Å². The predicted octanol–water partition coefficient (Wildman–Crippen LogP) is 4.66. The fourth-order valence-corrected chi connectivity index (χ4v) is 6.64. The fraction of sp³-hybridized carbons (Fsp3) is 0.385. The summed E-state index contributed by atoms with van der Waals surface area (Å²) >= 11 is 1.88. The van der Waals surface area contributed by atoms with Crippen molar-refractivity contribution in [2.75, 3.05) is 27.3 Å². The summed E-state index contributed by atoms with van der Waals surface area (Å²) in [5, 5.41) is 1.46. The molecule has 1 saturated heterocycles. The minimum atomic E-state index is -0.878. The van der Waals surface area contributed by atoms with Gasteiger partial charge in [0.2, 0.25) is 0 Å². The predicted molar refractivity (Wildman–Crippen MR) is 128 cm³/mol. The molecule has 172 valence electrons. The number of para-hydroxylation sites is 1. The number of rotatable bonds is 5. The van der Waals surface area contributed by atoms with Crippen LogP contribution in [0.3, 0.4) is 0 Å². The Morgan fingerprint density at radius 1 is 1.00 bits per heavy atom. The van der Waals surface area contributed by atoms with E-state index in [2.05, 4.69) is 64.1 Å². The molecule has 3 heterocycles. The Morgan fingerprint density at radius 3 is 2.42 bits per heavy atom. The molecule has 0 bridgehead atoms. The van der Waals surface area contributed by atoms with Gasteiger partial charge < -0.3 is 14.0 Å². The lowest BCUT2D eigenvalue weighted by Crippen LogP contribution is -2.47. The van der Waals surface area contributed by atoms with Crippen molar-refractivity contribution in [2.45, 2.75) is 29.2 Å². The number of hydrogen-bond acceptors (Lipinski definition) is 6. The summed E-state index contributed by atoms with van der Waals surface area (Å²) < 4.78 is 12.4. The van der Waals surface area contributed by atoms with Crippen LogP contribution in [0, 0.1) is 11.8 Å². The van der Waals surface area contributed by atoms with Gasteiger partial charge in [0.25, 0.3) is 0 Å². The molecule has 3 aromatic rings. The number of methoxy groups -OCH3 is 2. The first-order chi connectivity index (χ1) is 16.1. The lowest BCUT2D eigenvalue weighted by Gasteiger charge is -2.46. The standard InChI is InChI=1S/C26H28N2O4S/c1-31-25(29)24(26(30)32-2)18-12-13-27-16-23(33-19-9-4-3-5-10-19)28-20-11-7-6-8-17(20)14-22(28)21(27)15-18/h3-11,14,18,21,23-24H,12-13,15-16H2,1-2H3/t18-,21+,23-/m1/s1. The summed E-state index contributed by atoms with van der Waals surface area (Å²) in [6, 6.07) is 21.4. The summed E-state index contributed by atoms with van der Waals surface area (Å²) in [5.41, 5.74) is 2.47. The molecule has 1 aromatic heterocycles. The summed E-state index contributed by atoms with van der Waals surface area (Å²) in [5.74, 6) is -2.00. The zero-order chi connectivity index (χ0) is 22.9. The zero-order valence-corrected chi connectivity index (χ0v) is 19.7. The van der Waals surface area contributed by atoms with Gasteiger partial charge in [0.1, 0.15) is 0 Å². The third-order valence-corrected chi connectivity index (χ3v) is 8.13. The van der Waals surface area contributed by atoms with E-state index in [0.29, 0.717) is 6.42 Å². The van der Waals surface area contributed by atoms with E-state index < -0.39 is 17.9 Å². The highest BCUT2D eigenvalue weighted by atomic mass is 32.2. The topological polar surface area (TPSA) is 60.8 Å². The molecule has 33 heavy (non-hydrogen) atoms. The average Bonchev–Trinajstić information content (AvgIpc) is 3.25. The molecule has 6 nitrogen and oxygen atoms in total. The number of benzene rings is 2. The molecule has 0 radical (unpaired) electrons. The van der Waals surface area contributed by atoms with E-state index in [0.717, 1.165) is 19.5 Å². The van der Waals surface area contributed by atoms with E-state index in [1.165, 1.54) is 35.7 Å². The second-order valence-corrected chi connectivity index (χ2v) is 9.95. The van der Waals surface area contributed by atoms with Crippen LogP contribution in [-0.2, 0) is 19.1 Å². The van der Waals surface area contributed by atoms with Crippen LogP contribution in [-0.4, -0.2) is 48.7 Å². The van der Waals surface area contributed by atoms with Crippen LogP contribution in [0.15, 0.2) is 65.6 Å². The van der Waals surface area contributed by atoms with E-state index in [1.807, 2.05) is 17.8 Å². The monoisotopic (exact) mass is 464 g/mol. The smallest absolute Gasteiger partial charge is 0.320 e. The number of carbonyl (C=O) groups excluding carboxylic acids is 2. The van der Waals surface area contributed by atoms with E-state index in [-0.39, 0.29) is 17.3 Å². The Hall–Kier alpha value is -2.77. The lowest BCUT2D eigenvalue weighted by molar-refractivity contribution is -0.163. The van der Waals surface area contributed by atoms with Gasteiger partial charge in [-0.3, -0.25) is 14.5 Å². The molecule has 1 fully saturated rings. The quantitative estimate of drug-likeness (QED) is 0.404. The fourth-order valence-electron chi connectivity index (χ4n) is 5.41. The van der Waals surface area contributed by atoms with E-state index >= 15 is 0 Å². The summed E-state index contributed by atoms with van der Waals surface area (Å²) in [6.45, 7) is 1.73. The van der Waals surface area contributed by atoms with Gasteiger partial charge in [0, 0.05) is 22.7 Å². The third kappa shape index (κ3) is 4.04. The molecular weight excluding hydrogens is 436 g/mol. The molecule has 2 aliphatic rings. The first-order valence-corrected chi connectivity index (χ1v) is 12.2. The maximum Gasteiger partial charge on any atom is 0.320 e. The van der Waals surface area contributed by atoms with E-state index in [9.17, 15) is 9.59 Å². The number of ether oxygens (including phenoxy) is 2. The minimum absolute atomic E-state index is 0.115. The van der Waals surface area contributed by atoms with Gasteiger partial charge in [-0.05, 0) is 55.0 Å². The molecule has 7 heteroatoms. The number of esters is 2. The SMILES string of the molecule is COC(=O)C(C(=O)OC)[C@@H]1CCN2C[C@@H](Sc3ccccc3)n3c(cc4ccccc43)[C@@H]2C1. The van der Waals surface area contributed by atoms with Crippen molar-refractivity contribution >= 4 is 34.6 Å². The molecule has 0 spiro atoms. The number of fused-ring (bicyclic) bond motifs is 5. The molecule has 0 amide bonds. The summed E-state index contributed by atoms with van der Waals surface area (Å²) in [6.07, 6.45) is 1.47. The van der Waals surface area contributed by atoms with Crippen molar-refractivity contribution < 1.29 is 19.1 Å². The average molecular weight is 465 g/mol. The van der Waals surface area contributed by atoms with E-state index in [1.54, 1.807) is 0 Å². The molecular formula is C26H28N2O4S. The Labute approximate surface area is 197 Å². The van der Waals surface area contributed by atoms with Crippen molar-refractivity contribution in [2.24, 2.45) is 11.8 Å². The third-order valence-electron chi connectivity index (χ3n) is 6.95. The first-order valence-electron chi connectivity index (χ1n) is 11.3. The van der Waals surface area contributed by atoms with Crippen LogP contribution in [0.25, 0.3) is 10.9 Å². The number of nitrogens with zero attached hydrogens (tertiary/aromatic N) is 2. The van der Waals surface area contributed by atoms with E-state index in [4.69, 9.17) is 9.47 Å². The Balaban J connectivity index is 1.52. The van der Waals surface area contributed by atoms with Crippen LogP contribution in [0.4, 0.5) is 0 Å². The normalized spacial score (nSPS) is 22.6. The van der Waals surface area contributed by atoms with Gasteiger partial charge in [0.05, 0.1) is 25.6 Å². The van der Waals surface area contributed by atoms with Crippen molar-refractivity contribution in [3.8, 4) is 0 Å². The summed E-state index contributed by atoms with van der Waals surface area (Å²) in [4.78, 5) is 28.7. The molecule has 0 unspecified atom stereocenters. The molecule has 5 rings (SSSR count). The van der Waals surface area contributed by atoms with Gasteiger partial charge in [-0.2, -0.15) is 0 Å². The number of hydrogen-bond donors (Lipinski definition) is 0. The maximum absolute atomic E-state index is 12.5. The number of piperidine rings is 1. The van der Waals surface area contributed by atoms with Crippen LogP contribution >= 0.6 is 11.8 Å². The van der Waals surface area contributed by atoms with Crippen LogP contribution in [0.1, 0.15) is 30.0 Å². The highest BCUT2D eigenvalue weighted by molar-refractivity contribution is 7.99. The highest BCUT2D eigenvalue weighted by Gasteiger charge is 2.45. The van der Waals surface area contributed by atoms with Crippen molar-refractivity contribution in [1.82, 2.24) is 9.47 Å². The zero-order valence-electron chi connectivity index (χ0n) is 18.8. The van der Waals surface area contributed by atoms with Gasteiger partial charge in [0.15, 0.2) is 5.92 Å². The highest BCUT2D eigenvalue weighted by Crippen LogP contribution is 2.48. The van der Waals surface area contributed by atoms with Crippen LogP contribution < -0.4 is 0 Å². The van der Waals surface area contributed by atoms with Crippen molar-refractivity contribution in [3.05, 3.63) is 66.4 Å². The maximum atomic E-state index is 12.5. The van der Waals surface area contributed by atoms with Gasteiger partial charge in [-0.1, -0.05) is 48.2 Å². The Bertz CT molecular complexity index is 1150. The number of thioether (sulfide) groups is 1. The largest absolute Gasteiger partial charge is 0.468 e. The minimum Gasteiger partial charge on any atom is -0.468 e. The molecule has 0 aliphatic carbocycles. The summed E-state index contributed by atoms with van der Waals surface area (Å²) in [7, 11) is 2.66. The Kier molecular flexibility index (Phi) is 6.17. The molecule has 3 atom stereocenters. The lowest BCUT2D eigenvalue weighted by atomic mass is 9.79. The molecule has 2 aliphatic heterocycles. The Morgan fingerprint density at radius 2 is 1.70 bits per heavy atom. The second kappa shape index (κ2) is 9.23. The number of aromatic nitrogens is 1. The molecule has 0 saturated carbocycles. The first kappa shape index (κ1) is 22.0. The molecule has 0 N–H and O–H groups in total. The van der Waals surface area contributed by atoms with Crippen molar-refractivity contribution in [3.63, 3.8) is 0 Å². The van der Waals surface area contributed by atoms with Gasteiger partial charge >= 0.3 is 11.9 Å². The van der Waals surface area contributed by atoms with Crippen LogP contribution in [0.2, 0.25) is 0 Å². The number of carbonyl (C=O) groups is 2. The second-order valence-electron chi connectivity index (χ2n) is 8.70. The van der Waals surface area contributed by atoms with Crippen molar-refractivity contribution in [1.29, 1.82) is 0 Å². The van der Waals surface area contributed by atoms with Crippen LogP contribution in [0.5, 0.6) is 0 Å². The van der Waals surface area contributed by atoms with Gasteiger partial charge in [-0.15, -0.1) is 0 Å². The molecule has 2 aromatic carbocycles.